The number of methoxy groups -OCH3 is 2. The fraction of sp³-hybridized carbons (Fsp3) is 0.429. The topological polar surface area (TPSA) is 77.1 Å². The van der Waals surface area contributed by atoms with E-state index in [-0.39, 0.29) is 6.61 Å². The van der Waals surface area contributed by atoms with E-state index in [1.165, 1.54) is 19.1 Å². The van der Waals surface area contributed by atoms with Crippen LogP contribution in [0.1, 0.15) is 10.4 Å². The van der Waals surface area contributed by atoms with Crippen molar-refractivity contribution in [2.45, 2.75) is 0 Å². The van der Waals surface area contributed by atoms with E-state index in [1.807, 2.05) is 0 Å². The molecule has 7 heteroatoms. The average Bonchev–Trinajstić information content (AvgIpc) is 2.50. The van der Waals surface area contributed by atoms with Crippen molar-refractivity contribution in [1.82, 2.24) is 4.90 Å². The average molecular weight is 296 g/mol. The molecule has 7 nitrogen and oxygen atoms in total. The lowest BCUT2D eigenvalue weighted by atomic mass is 10.2. The zero-order chi connectivity index (χ0) is 15.8. The molecule has 1 aromatic carbocycles. The zero-order valence-electron chi connectivity index (χ0n) is 12.6. The number of hydrogen-bond donors (Lipinski definition) is 1. The highest BCUT2D eigenvalue weighted by atomic mass is 16.6. The van der Waals surface area contributed by atoms with Gasteiger partial charge in [-0.2, -0.15) is 0 Å². The lowest BCUT2D eigenvalue weighted by Gasteiger charge is -2.13. The number of anilines is 1. The minimum atomic E-state index is -0.460. The van der Waals surface area contributed by atoms with E-state index in [0.717, 1.165) is 5.69 Å². The number of carbonyl (C=O) groups excluding carboxylic acids is 2. The molecule has 0 aliphatic heterocycles. The van der Waals surface area contributed by atoms with Gasteiger partial charge in [0.25, 0.3) is 0 Å². The van der Waals surface area contributed by atoms with Crippen LogP contribution in [0.4, 0.5) is 10.5 Å². The quantitative estimate of drug-likeness (QED) is 0.634. The Hall–Kier alpha value is -2.44. The van der Waals surface area contributed by atoms with Gasteiger partial charge in [-0.25, -0.2) is 9.59 Å². The third-order valence-corrected chi connectivity index (χ3v) is 2.63. The van der Waals surface area contributed by atoms with Gasteiger partial charge in [-0.05, 0) is 12.1 Å². The first-order chi connectivity index (χ1) is 9.99. The van der Waals surface area contributed by atoms with Crippen molar-refractivity contribution in [3.8, 4) is 5.75 Å². The largest absolute Gasteiger partial charge is 0.496 e. The maximum Gasteiger partial charge on any atom is 0.409 e. The summed E-state index contributed by atoms with van der Waals surface area (Å²) in [6.45, 7) is 0.679. The second kappa shape index (κ2) is 7.98. The summed E-state index contributed by atoms with van der Waals surface area (Å²) < 4.78 is 14.8. The van der Waals surface area contributed by atoms with Crippen molar-refractivity contribution in [1.29, 1.82) is 0 Å². The number of benzene rings is 1. The van der Waals surface area contributed by atoms with Crippen molar-refractivity contribution in [3.63, 3.8) is 0 Å². The van der Waals surface area contributed by atoms with Crippen molar-refractivity contribution < 1.29 is 23.8 Å². The maximum absolute atomic E-state index is 11.5. The van der Waals surface area contributed by atoms with Crippen LogP contribution in [-0.2, 0) is 9.47 Å². The number of ether oxygens (including phenoxy) is 3. The Morgan fingerprint density at radius 3 is 2.52 bits per heavy atom. The molecule has 0 aromatic heterocycles. The molecule has 0 unspecified atom stereocenters. The zero-order valence-corrected chi connectivity index (χ0v) is 12.6. The molecule has 1 aromatic rings. The van der Waals surface area contributed by atoms with Crippen LogP contribution in [0.3, 0.4) is 0 Å². The number of nitrogens with zero attached hydrogens (tertiary/aromatic N) is 1. The maximum atomic E-state index is 11.5. The number of nitrogens with one attached hydrogen (secondary N) is 1. The highest BCUT2D eigenvalue weighted by Gasteiger charge is 2.13. The van der Waals surface area contributed by atoms with Crippen molar-refractivity contribution >= 4 is 17.7 Å². The van der Waals surface area contributed by atoms with E-state index in [0.29, 0.717) is 17.9 Å². The Kier molecular flexibility index (Phi) is 6.32. The first-order valence-corrected chi connectivity index (χ1v) is 6.34. The molecule has 0 aliphatic rings. The molecule has 0 heterocycles. The van der Waals surface area contributed by atoms with Crippen LogP contribution in [0.15, 0.2) is 18.2 Å². The van der Waals surface area contributed by atoms with E-state index in [1.54, 1.807) is 32.3 Å². The molecule has 0 aliphatic carbocycles. The SMILES string of the molecule is COC(=O)c1ccc(NCCOC(=O)N(C)C)cc1OC. The lowest BCUT2D eigenvalue weighted by molar-refractivity contribution is 0.0597. The highest BCUT2D eigenvalue weighted by Crippen LogP contribution is 2.23. The summed E-state index contributed by atoms with van der Waals surface area (Å²) in [6.07, 6.45) is -0.393. The molecule has 0 saturated carbocycles. The monoisotopic (exact) mass is 296 g/mol. The molecule has 21 heavy (non-hydrogen) atoms. The van der Waals surface area contributed by atoms with Crippen molar-refractivity contribution in [3.05, 3.63) is 23.8 Å². The van der Waals surface area contributed by atoms with E-state index < -0.39 is 12.1 Å². The standard InChI is InChI=1S/C14H20N2O5/c1-16(2)14(18)21-8-7-15-10-5-6-11(13(17)20-4)12(9-10)19-3/h5-6,9,15H,7-8H2,1-4H3. The van der Waals surface area contributed by atoms with Gasteiger partial charge in [0.15, 0.2) is 0 Å². The molecule has 0 radical (unpaired) electrons. The molecule has 0 spiro atoms. The van der Waals surface area contributed by atoms with Gasteiger partial charge in [-0.1, -0.05) is 0 Å². The predicted molar refractivity (Wildman–Crippen MR) is 77.9 cm³/mol. The summed E-state index contributed by atoms with van der Waals surface area (Å²) in [5.41, 5.74) is 1.10. The van der Waals surface area contributed by atoms with E-state index in [9.17, 15) is 9.59 Å². The van der Waals surface area contributed by atoms with Gasteiger partial charge < -0.3 is 24.4 Å². The number of hydrogen-bond acceptors (Lipinski definition) is 6. The molecule has 1 rings (SSSR count). The third kappa shape index (κ3) is 4.87. The minimum absolute atomic E-state index is 0.234. The predicted octanol–water partition coefficient (Wildman–Crippen LogP) is 1.59. The fourth-order valence-corrected chi connectivity index (χ4v) is 1.54. The van der Waals surface area contributed by atoms with Crippen LogP contribution in [0, 0.1) is 0 Å². The van der Waals surface area contributed by atoms with Crippen molar-refractivity contribution in [2.75, 3.05) is 46.8 Å². The summed E-state index contributed by atoms with van der Waals surface area (Å²) >= 11 is 0. The molecule has 116 valence electrons. The summed E-state index contributed by atoms with van der Waals surface area (Å²) in [6, 6.07) is 5.02. The Morgan fingerprint density at radius 2 is 1.95 bits per heavy atom. The van der Waals surface area contributed by atoms with Gasteiger partial charge >= 0.3 is 12.1 Å². The van der Waals surface area contributed by atoms with Crippen molar-refractivity contribution in [2.24, 2.45) is 0 Å². The number of amides is 1. The van der Waals surface area contributed by atoms with E-state index in [4.69, 9.17) is 9.47 Å². The summed E-state index contributed by atoms with van der Waals surface area (Å²) in [7, 11) is 6.02. The Balaban J connectivity index is 2.57. The van der Waals surface area contributed by atoms with Crippen LogP contribution in [0.2, 0.25) is 0 Å². The van der Waals surface area contributed by atoms with Crippen LogP contribution in [0.5, 0.6) is 5.75 Å². The second-order valence-electron chi connectivity index (χ2n) is 4.34. The lowest BCUT2D eigenvalue weighted by Crippen LogP contribution is -2.25. The van der Waals surface area contributed by atoms with Gasteiger partial charge in [0, 0.05) is 32.4 Å². The molecular weight excluding hydrogens is 276 g/mol. The summed E-state index contributed by atoms with van der Waals surface area (Å²) in [5.74, 6) is -0.0459. The fourth-order valence-electron chi connectivity index (χ4n) is 1.54. The highest BCUT2D eigenvalue weighted by molar-refractivity contribution is 5.93. The van der Waals surface area contributed by atoms with Gasteiger partial charge in [-0.3, -0.25) is 0 Å². The molecular formula is C14H20N2O5. The molecule has 0 fully saturated rings. The Morgan fingerprint density at radius 1 is 1.24 bits per heavy atom. The van der Waals surface area contributed by atoms with Gasteiger partial charge in [0.1, 0.15) is 17.9 Å². The van der Waals surface area contributed by atoms with Crippen LogP contribution in [-0.4, -0.2) is 58.4 Å². The summed E-state index contributed by atoms with van der Waals surface area (Å²) in [5, 5.41) is 3.07. The van der Waals surface area contributed by atoms with Crippen LogP contribution < -0.4 is 10.1 Å². The Bertz CT molecular complexity index is 502. The number of rotatable bonds is 6. The first-order valence-electron chi connectivity index (χ1n) is 6.34. The molecule has 0 saturated heterocycles. The molecule has 1 amide bonds. The Labute approximate surface area is 123 Å². The second-order valence-corrected chi connectivity index (χ2v) is 4.34. The number of esters is 1. The van der Waals surface area contributed by atoms with Crippen LogP contribution >= 0.6 is 0 Å². The molecule has 0 atom stereocenters. The first kappa shape index (κ1) is 16.6. The smallest absolute Gasteiger partial charge is 0.409 e. The summed E-state index contributed by atoms with van der Waals surface area (Å²) in [4.78, 5) is 24.1. The van der Waals surface area contributed by atoms with Gasteiger partial charge in [0.2, 0.25) is 0 Å². The van der Waals surface area contributed by atoms with Gasteiger partial charge in [0.05, 0.1) is 14.2 Å². The molecule has 0 bridgehead atoms. The van der Waals surface area contributed by atoms with Crippen LogP contribution in [0.25, 0.3) is 0 Å². The molecule has 1 N–H and O–H groups in total. The normalized spacial score (nSPS) is 9.71. The van der Waals surface area contributed by atoms with E-state index in [2.05, 4.69) is 10.1 Å². The van der Waals surface area contributed by atoms with E-state index >= 15 is 0 Å². The minimum Gasteiger partial charge on any atom is -0.496 e. The van der Waals surface area contributed by atoms with Gasteiger partial charge in [-0.15, -0.1) is 0 Å². The number of carbonyl (C=O) groups is 2. The third-order valence-electron chi connectivity index (χ3n) is 2.63.